The Hall–Kier alpha value is -2.38. The van der Waals surface area contributed by atoms with Gasteiger partial charge in [0.15, 0.2) is 4.80 Å². The quantitative estimate of drug-likeness (QED) is 0.479. The largest absolute Gasteiger partial charge is 0.463 e. The molecule has 0 radical (unpaired) electrons. The number of benzene rings is 2. The number of esters is 1. The van der Waals surface area contributed by atoms with Gasteiger partial charge in [0, 0.05) is 15.1 Å². The van der Waals surface area contributed by atoms with Gasteiger partial charge in [-0.05, 0) is 55.3 Å². The van der Waals surface area contributed by atoms with Gasteiger partial charge in [0.1, 0.15) is 0 Å². The molecule has 0 saturated heterocycles. The molecule has 3 aromatic rings. The SMILES string of the molecule is CCOC(=O)C1=C(C)N=c2s/c(=C/c3ccc(Cl)cc3Cl)c(=O)n2C1c1ccc(Cl)cc1. The molecule has 4 rings (SSSR count). The molecule has 0 N–H and O–H groups in total. The first-order valence-electron chi connectivity index (χ1n) is 9.70. The summed E-state index contributed by atoms with van der Waals surface area (Å²) in [6, 6.07) is 11.4. The maximum absolute atomic E-state index is 13.5. The maximum Gasteiger partial charge on any atom is 0.338 e. The van der Waals surface area contributed by atoms with Crippen molar-refractivity contribution in [2.45, 2.75) is 19.9 Å². The Labute approximate surface area is 202 Å². The minimum Gasteiger partial charge on any atom is -0.463 e. The molecule has 0 bridgehead atoms. The summed E-state index contributed by atoms with van der Waals surface area (Å²) in [5.41, 5.74) is 1.92. The third kappa shape index (κ3) is 4.28. The predicted octanol–water partition coefficient (Wildman–Crippen LogP) is 4.76. The number of nitrogens with zero attached hydrogens (tertiary/aromatic N) is 2. The highest BCUT2D eigenvalue weighted by Crippen LogP contribution is 2.31. The minimum absolute atomic E-state index is 0.211. The van der Waals surface area contributed by atoms with Gasteiger partial charge in [0.05, 0.1) is 28.5 Å². The molecule has 0 aliphatic carbocycles. The molecular weight excluding hydrogens is 491 g/mol. The number of rotatable bonds is 4. The molecule has 0 saturated carbocycles. The summed E-state index contributed by atoms with van der Waals surface area (Å²) in [7, 11) is 0. The summed E-state index contributed by atoms with van der Waals surface area (Å²) < 4.78 is 7.23. The lowest BCUT2D eigenvalue weighted by Crippen LogP contribution is -2.39. The summed E-state index contributed by atoms with van der Waals surface area (Å²) in [6.45, 7) is 3.68. The van der Waals surface area contributed by atoms with Gasteiger partial charge in [-0.25, -0.2) is 9.79 Å². The number of hydrogen-bond donors (Lipinski definition) is 0. The molecular formula is C23H17Cl3N2O3S. The van der Waals surface area contributed by atoms with Crippen LogP contribution in [0.3, 0.4) is 0 Å². The van der Waals surface area contributed by atoms with E-state index >= 15 is 0 Å². The monoisotopic (exact) mass is 506 g/mol. The maximum atomic E-state index is 13.5. The Kier molecular flexibility index (Phi) is 6.58. The van der Waals surface area contributed by atoms with Crippen LogP contribution in [0.4, 0.5) is 0 Å². The van der Waals surface area contributed by atoms with Crippen LogP contribution in [0.1, 0.15) is 31.0 Å². The van der Waals surface area contributed by atoms with E-state index in [-0.39, 0.29) is 12.2 Å². The molecule has 1 atom stereocenters. The van der Waals surface area contributed by atoms with E-state index in [0.29, 0.717) is 41.2 Å². The van der Waals surface area contributed by atoms with Crippen molar-refractivity contribution < 1.29 is 9.53 Å². The number of carbonyl (C=O) groups excluding carboxylic acids is 1. The van der Waals surface area contributed by atoms with Crippen molar-refractivity contribution in [3.05, 3.63) is 99.6 Å². The standard InChI is InChI=1S/C23H17Cl3N2O3S/c1-3-31-22(30)19-12(2)27-23-28(20(19)13-4-7-15(24)8-5-13)21(29)18(32-23)10-14-6-9-16(25)11-17(14)26/h4-11,20H,3H2,1-2H3/b18-10+. The molecule has 9 heteroatoms. The van der Waals surface area contributed by atoms with Gasteiger partial charge < -0.3 is 4.74 Å². The topological polar surface area (TPSA) is 60.7 Å². The highest BCUT2D eigenvalue weighted by molar-refractivity contribution is 7.07. The van der Waals surface area contributed by atoms with Gasteiger partial charge in [-0.15, -0.1) is 0 Å². The van der Waals surface area contributed by atoms with E-state index in [1.54, 1.807) is 62.4 Å². The molecule has 1 aliphatic rings. The zero-order valence-electron chi connectivity index (χ0n) is 17.1. The summed E-state index contributed by atoms with van der Waals surface area (Å²) in [5, 5.41) is 1.49. The molecule has 0 fully saturated rings. The smallest absolute Gasteiger partial charge is 0.338 e. The van der Waals surface area contributed by atoms with Crippen LogP contribution in [0.2, 0.25) is 15.1 Å². The molecule has 2 aromatic carbocycles. The second kappa shape index (κ2) is 9.24. The highest BCUT2D eigenvalue weighted by Gasteiger charge is 2.33. The lowest BCUT2D eigenvalue weighted by molar-refractivity contribution is -0.139. The first-order valence-corrected chi connectivity index (χ1v) is 11.7. The van der Waals surface area contributed by atoms with Crippen molar-refractivity contribution in [3.8, 4) is 0 Å². The fourth-order valence-corrected chi connectivity index (χ4v) is 5.14. The molecule has 5 nitrogen and oxygen atoms in total. The summed E-state index contributed by atoms with van der Waals surface area (Å²) >= 11 is 19.6. The second-order valence-electron chi connectivity index (χ2n) is 7.02. The van der Waals surface area contributed by atoms with E-state index in [1.807, 2.05) is 0 Å². The molecule has 2 heterocycles. The van der Waals surface area contributed by atoms with Crippen molar-refractivity contribution in [2.24, 2.45) is 4.99 Å². The van der Waals surface area contributed by atoms with E-state index in [1.165, 1.54) is 15.9 Å². The third-order valence-electron chi connectivity index (χ3n) is 4.95. The molecule has 1 unspecified atom stereocenters. The third-order valence-corrected chi connectivity index (χ3v) is 6.75. The number of aromatic nitrogens is 1. The Bertz CT molecular complexity index is 1420. The van der Waals surface area contributed by atoms with Crippen molar-refractivity contribution in [3.63, 3.8) is 0 Å². The van der Waals surface area contributed by atoms with Crippen LogP contribution in [0.5, 0.6) is 0 Å². The lowest BCUT2D eigenvalue weighted by Gasteiger charge is -2.24. The molecule has 164 valence electrons. The Morgan fingerprint density at radius 1 is 1.16 bits per heavy atom. The number of fused-ring (bicyclic) bond motifs is 1. The molecule has 1 aliphatic heterocycles. The summed E-state index contributed by atoms with van der Waals surface area (Å²) in [4.78, 5) is 31.4. The molecule has 0 spiro atoms. The van der Waals surface area contributed by atoms with Crippen LogP contribution >= 0.6 is 46.1 Å². The van der Waals surface area contributed by atoms with Gasteiger partial charge in [0.2, 0.25) is 0 Å². The van der Waals surface area contributed by atoms with E-state index in [9.17, 15) is 9.59 Å². The van der Waals surface area contributed by atoms with E-state index in [2.05, 4.69) is 4.99 Å². The highest BCUT2D eigenvalue weighted by atomic mass is 35.5. The number of allylic oxidation sites excluding steroid dienone is 1. The zero-order chi connectivity index (χ0) is 23.0. The second-order valence-corrected chi connectivity index (χ2v) is 9.31. The fourth-order valence-electron chi connectivity index (χ4n) is 3.51. The lowest BCUT2D eigenvalue weighted by atomic mass is 9.96. The summed E-state index contributed by atoms with van der Waals surface area (Å²) in [5.74, 6) is -0.510. The first-order chi connectivity index (χ1) is 15.3. The van der Waals surface area contributed by atoms with Crippen LogP contribution in [0, 0.1) is 0 Å². The van der Waals surface area contributed by atoms with Gasteiger partial charge >= 0.3 is 5.97 Å². The van der Waals surface area contributed by atoms with Gasteiger partial charge in [0.25, 0.3) is 5.56 Å². The van der Waals surface area contributed by atoms with Crippen molar-refractivity contribution in [1.29, 1.82) is 0 Å². The Morgan fingerprint density at radius 2 is 1.84 bits per heavy atom. The van der Waals surface area contributed by atoms with Crippen LogP contribution in [-0.4, -0.2) is 17.1 Å². The minimum atomic E-state index is -0.689. The number of ether oxygens (including phenoxy) is 1. The molecule has 0 amide bonds. The van der Waals surface area contributed by atoms with Crippen LogP contribution in [0.25, 0.3) is 6.08 Å². The molecule has 32 heavy (non-hydrogen) atoms. The van der Waals surface area contributed by atoms with Crippen LogP contribution in [-0.2, 0) is 9.53 Å². The fraction of sp³-hybridized carbons (Fsp3) is 0.174. The normalized spacial score (nSPS) is 16.0. The Balaban J connectivity index is 1.96. The van der Waals surface area contributed by atoms with E-state index < -0.39 is 12.0 Å². The average molecular weight is 508 g/mol. The number of thiazole rings is 1. The van der Waals surface area contributed by atoms with Crippen LogP contribution < -0.4 is 14.9 Å². The van der Waals surface area contributed by atoms with Gasteiger partial charge in [-0.1, -0.05) is 64.3 Å². The summed E-state index contributed by atoms with van der Waals surface area (Å²) in [6.07, 6.45) is 1.70. The first kappa shape index (κ1) is 22.8. The molecule has 1 aromatic heterocycles. The van der Waals surface area contributed by atoms with E-state index in [4.69, 9.17) is 39.5 Å². The number of carbonyl (C=O) groups is 1. The van der Waals surface area contributed by atoms with E-state index in [0.717, 1.165) is 5.56 Å². The van der Waals surface area contributed by atoms with Crippen molar-refractivity contribution in [1.82, 2.24) is 4.57 Å². The van der Waals surface area contributed by atoms with Gasteiger partial charge in [-0.2, -0.15) is 0 Å². The van der Waals surface area contributed by atoms with Crippen molar-refractivity contribution in [2.75, 3.05) is 6.61 Å². The van der Waals surface area contributed by atoms with Crippen LogP contribution in [0.15, 0.2) is 63.5 Å². The van der Waals surface area contributed by atoms with Gasteiger partial charge in [-0.3, -0.25) is 9.36 Å². The predicted molar refractivity (Wildman–Crippen MR) is 128 cm³/mol. The average Bonchev–Trinajstić information content (AvgIpc) is 3.04. The number of hydrogen-bond acceptors (Lipinski definition) is 5. The zero-order valence-corrected chi connectivity index (χ0v) is 20.1. The van der Waals surface area contributed by atoms with Crippen molar-refractivity contribution >= 4 is 58.2 Å². The Morgan fingerprint density at radius 3 is 2.50 bits per heavy atom. The number of halogens is 3.